The van der Waals surface area contributed by atoms with Gasteiger partial charge in [0.05, 0.1) is 12.9 Å². The molecule has 0 bridgehead atoms. The second kappa shape index (κ2) is 8.00. The molecule has 2 aromatic rings. The van der Waals surface area contributed by atoms with Crippen molar-refractivity contribution < 1.29 is 9.59 Å². The van der Waals surface area contributed by atoms with Gasteiger partial charge in [0.1, 0.15) is 16.9 Å². The standard InChI is InChI=1S/C27H34N4O2S/c1-26-10-8-17(32)12-16(26)4-5-18-19-6-7-21(27(19,2)11-9-20(18)26)22(33)13-31-15-30-23-24(31)28-14-29-25(23)34-3/h12,14-15,18-21H,4-11,13H2,1-3H3/t18-,19-,20-,21-,26-,27+/m1/s1. The lowest BCUT2D eigenvalue weighted by Crippen LogP contribution is -2.51. The van der Waals surface area contributed by atoms with Crippen molar-refractivity contribution in [1.82, 2.24) is 19.5 Å². The van der Waals surface area contributed by atoms with Gasteiger partial charge in [-0.05, 0) is 85.9 Å². The van der Waals surface area contributed by atoms with Gasteiger partial charge in [0.2, 0.25) is 0 Å². The molecule has 0 unspecified atom stereocenters. The quantitative estimate of drug-likeness (QED) is 0.440. The van der Waals surface area contributed by atoms with Crippen LogP contribution in [0.5, 0.6) is 0 Å². The minimum absolute atomic E-state index is 0.0795. The van der Waals surface area contributed by atoms with Gasteiger partial charge in [-0.25, -0.2) is 15.0 Å². The summed E-state index contributed by atoms with van der Waals surface area (Å²) in [6.07, 6.45) is 15.7. The van der Waals surface area contributed by atoms with Gasteiger partial charge in [-0.3, -0.25) is 9.59 Å². The van der Waals surface area contributed by atoms with E-state index < -0.39 is 0 Å². The maximum atomic E-state index is 13.7. The molecule has 0 aromatic carbocycles. The molecular formula is C27H34N4O2S. The fourth-order valence-corrected chi connectivity index (χ4v) is 8.98. The molecule has 0 N–H and O–H groups in total. The molecule has 3 fully saturated rings. The van der Waals surface area contributed by atoms with E-state index in [0.717, 1.165) is 48.3 Å². The third-order valence-electron chi connectivity index (χ3n) is 10.2. The zero-order valence-electron chi connectivity index (χ0n) is 20.4. The monoisotopic (exact) mass is 478 g/mol. The third-order valence-corrected chi connectivity index (χ3v) is 10.9. The van der Waals surface area contributed by atoms with E-state index in [4.69, 9.17) is 0 Å². The number of hydrogen-bond acceptors (Lipinski definition) is 6. The highest BCUT2D eigenvalue weighted by Gasteiger charge is 2.60. The number of rotatable bonds is 4. The predicted molar refractivity (Wildman–Crippen MR) is 132 cm³/mol. The Balaban J connectivity index is 1.24. The van der Waals surface area contributed by atoms with Crippen LogP contribution in [0.2, 0.25) is 0 Å². The summed E-state index contributed by atoms with van der Waals surface area (Å²) >= 11 is 1.55. The summed E-state index contributed by atoms with van der Waals surface area (Å²) < 4.78 is 1.92. The topological polar surface area (TPSA) is 77.7 Å². The molecule has 180 valence electrons. The molecule has 4 aliphatic rings. The number of Topliss-reactive ketones (excluding diaryl/α,β-unsaturated/α-hetero) is 1. The summed E-state index contributed by atoms with van der Waals surface area (Å²) in [4.78, 5) is 39.0. The summed E-state index contributed by atoms with van der Waals surface area (Å²) in [5.74, 6) is 2.71. The Labute approximate surface area is 205 Å². The summed E-state index contributed by atoms with van der Waals surface area (Å²) in [6.45, 7) is 5.17. The molecule has 3 saturated carbocycles. The average molecular weight is 479 g/mol. The molecular weight excluding hydrogens is 444 g/mol. The smallest absolute Gasteiger partial charge is 0.164 e. The van der Waals surface area contributed by atoms with Crippen molar-refractivity contribution in [3.05, 3.63) is 24.3 Å². The van der Waals surface area contributed by atoms with E-state index in [0.29, 0.717) is 42.3 Å². The summed E-state index contributed by atoms with van der Waals surface area (Å²) in [7, 11) is 0. The van der Waals surface area contributed by atoms with Gasteiger partial charge in [-0.2, -0.15) is 0 Å². The van der Waals surface area contributed by atoms with Crippen molar-refractivity contribution in [1.29, 1.82) is 0 Å². The van der Waals surface area contributed by atoms with Crippen LogP contribution >= 0.6 is 11.8 Å². The fraction of sp³-hybridized carbons (Fsp3) is 0.667. The van der Waals surface area contributed by atoms with Crippen molar-refractivity contribution >= 4 is 34.5 Å². The van der Waals surface area contributed by atoms with E-state index in [1.807, 2.05) is 16.9 Å². The van der Waals surface area contributed by atoms with Crippen LogP contribution in [0.1, 0.15) is 65.2 Å². The van der Waals surface area contributed by atoms with Crippen LogP contribution in [0, 0.1) is 34.5 Å². The van der Waals surface area contributed by atoms with Crippen LogP contribution in [0.3, 0.4) is 0 Å². The highest BCUT2D eigenvalue weighted by Crippen LogP contribution is 2.66. The lowest BCUT2D eigenvalue weighted by molar-refractivity contribution is -0.131. The molecule has 6 rings (SSSR count). The first kappa shape index (κ1) is 22.4. The summed E-state index contributed by atoms with van der Waals surface area (Å²) in [5, 5.41) is 0.853. The molecule has 0 radical (unpaired) electrons. The number of thioether (sulfide) groups is 1. The number of carbonyl (C=O) groups is 2. The van der Waals surface area contributed by atoms with Crippen molar-refractivity contribution in [2.24, 2.45) is 34.5 Å². The number of allylic oxidation sites excluding steroid dienone is 1. The zero-order chi connectivity index (χ0) is 23.7. The molecule has 6 nitrogen and oxygen atoms in total. The van der Waals surface area contributed by atoms with Gasteiger partial charge < -0.3 is 4.57 Å². The minimum atomic E-state index is 0.0795. The summed E-state index contributed by atoms with van der Waals surface area (Å²) in [6, 6.07) is 0. The van der Waals surface area contributed by atoms with Crippen molar-refractivity contribution in [3.63, 3.8) is 0 Å². The van der Waals surface area contributed by atoms with Crippen LogP contribution in [-0.4, -0.2) is 37.3 Å². The second-order valence-corrected chi connectivity index (χ2v) is 12.3. The van der Waals surface area contributed by atoms with E-state index in [9.17, 15) is 9.59 Å². The highest BCUT2D eigenvalue weighted by atomic mass is 32.2. The predicted octanol–water partition coefficient (Wildman–Crippen LogP) is 5.27. The maximum absolute atomic E-state index is 13.7. The second-order valence-electron chi connectivity index (χ2n) is 11.5. The Morgan fingerprint density at radius 3 is 2.76 bits per heavy atom. The SMILES string of the molecule is CSc1ncnc2c1ncn2CC(=O)[C@H]1CC[C@@H]2[C@H]3CCC4=CC(=O)CC[C@@]4(C)[C@@H]3CC[C@]12C. The highest BCUT2D eigenvalue weighted by molar-refractivity contribution is 7.98. The van der Waals surface area contributed by atoms with Gasteiger partial charge in [0, 0.05) is 12.3 Å². The number of nitrogens with zero attached hydrogens (tertiary/aromatic N) is 4. The fourth-order valence-electron chi connectivity index (χ4n) is 8.49. The van der Waals surface area contributed by atoms with Crippen molar-refractivity contribution in [2.75, 3.05) is 6.26 Å². The van der Waals surface area contributed by atoms with Crippen LogP contribution < -0.4 is 0 Å². The molecule has 0 spiro atoms. The Hall–Kier alpha value is -2.02. The van der Waals surface area contributed by atoms with Crippen LogP contribution in [0.4, 0.5) is 0 Å². The molecule has 0 amide bonds. The number of fused-ring (bicyclic) bond motifs is 6. The largest absolute Gasteiger partial charge is 0.308 e. The molecule has 2 heterocycles. The van der Waals surface area contributed by atoms with Gasteiger partial charge in [0.25, 0.3) is 0 Å². The molecule has 6 atom stereocenters. The molecule has 4 aliphatic carbocycles. The maximum Gasteiger partial charge on any atom is 0.164 e. The van der Waals surface area contributed by atoms with E-state index >= 15 is 0 Å². The average Bonchev–Trinajstić information content (AvgIpc) is 3.40. The molecule has 2 aromatic heterocycles. The van der Waals surface area contributed by atoms with Gasteiger partial charge in [-0.1, -0.05) is 19.4 Å². The molecule has 0 saturated heterocycles. The van der Waals surface area contributed by atoms with E-state index in [2.05, 4.69) is 28.8 Å². The number of aromatic nitrogens is 4. The Morgan fingerprint density at radius 1 is 1.09 bits per heavy atom. The first-order valence-corrected chi connectivity index (χ1v) is 14.0. The lowest BCUT2D eigenvalue weighted by Gasteiger charge is -2.58. The zero-order valence-corrected chi connectivity index (χ0v) is 21.2. The number of carbonyl (C=O) groups excluding carboxylic acids is 2. The Kier molecular flexibility index (Phi) is 5.28. The normalized spacial score (nSPS) is 37.1. The van der Waals surface area contributed by atoms with Crippen LogP contribution in [0.25, 0.3) is 11.2 Å². The van der Waals surface area contributed by atoms with Gasteiger partial charge >= 0.3 is 0 Å². The van der Waals surface area contributed by atoms with Gasteiger partial charge in [0.15, 0.2) is 17.2 Å². The van der Waals surface area contributed by atoms with Crippen molar-refractivity contribution in [3.8, 4) is 0 Å². The Bertz CT molecular complexity index is 1200. The van der Waals surface area contributed by atoms with Crippen LogP contribution in [-0.2, 0) is 16.1 Å². The number of ketones is 2. The number of imidazole rings is 1. The lowest BCUT2D eigenvalue weighted by atomic mass is 9.46. The third kappa shape index (κ3) is 3.18. The molecule has 0 aliphatic heterocycles. The first-order valence-electron chi connectivity index (χ1n) is 12.8. The first-order chi connectivity index (χ1) is 16.3. The van der Waals surface area contributed by atoms with Crippen LogP contribution in [0.15, 0.2) is 29.3 Å². The van der Waals surface area contributed by atoms with E-state index in [1.165, 1.54) is 18.4 Å². The van der Waals surface area contributed by atoms with E-state index in [-0.39, 0.29) is 16.7 Å². The molecule has 34 heavy (non-hydrogen) atoms. The van der Waals surface area contributed by atoms with Gasteiger partial charge in [-0.15, -0.1) is 11.8 Å². The Morgan fingerprint density at radius 2 is 1.94 bits per heavy atom. The molecule has 7 heteroatoms. The number of hydrogen-bond donors (Lipinski definition) is 0. The minimum Gasteiger partial charge on any atom is -0.308 e. The van der Waals surface area contributed by atoms with Crippen molar-refractivity contribution in [2.45, 2.75) is 76.8 Å². The summed E-state index contributed by atoms with van der Waals surface area (Å²) in [5.41, 5.74) is 3.21. The van der Waals surface area contributed by atoms with E-state index in [1.54, 1.807) is 24.4 Å².